The van der Waals surface area contributed by atoms with Crippen LogP contribution < -0.4 is 4.74 Å². The van der Waals surface area contributed by atoms with E-state index in [1.807, 2.05) is 66.2 Å². The van der Waals surface area contributed by atoms with Gasteiger partial charge in [0.2, 0.25) is 0 Å². The van der Waals surface area contributed by atoms with Crippen LogP contribution in [0.4, 0.5) is 0 Å². The fourth-order valence-electron chi connectivity index (χ4n) is 3.14. The number of ether oxygens (including phenoxy) is 1. The first-order valence-electron chi connectivity index (χ1n) is 8.80. The Kier molecular flexibility index (Phi) is 4.62. The van der Waals surface area contributed by atoms with E-state index < -0.39 is 5.97 Å². The van der Waals surface area contributed by atoms with E-state index in [0.717, 1.165) is 28.4 Å². The molecular formula is C21H19ClN2O3. The zero-order valence-electron chi connectivity index (χ0n) is 14.8. The van der Waals surface area contributed by atoms with Gasteiger partial charge in [-0.2, -0.15) is 5.10 Å². The summed E-state index contributed by atoms with van der Waals surface area (Å²) in [5, 5.41) is 14.2. The molecule has 2 atom stereocenters. The molecule has 27 heavy (non-hydrogen) atoms. The SMILES string of the molecule is Cc1cc(-c2ccc(OCC3CC3C(=O)O)cc2)n(-c2ccc(Cl)cc2)n1. The number of aromatic nitrogens is 2. The van der Waals surface area contributed by atoms with Gasteiger partial charge in [0.15, 0.2) is 0 Å². The van der Waals surface area contributed by atoms with Crippen molar-refractivity contribution in [2.24, 2.45) is 11.8 Å². The van der Waals surface area contributed by atoms with Gasteiger partial charge in [-0.05, 0) is 67.9 Å². The minimum absolute atomic E-state index is 0.121. The lowest BCUT2D eigenvalue weighted by molar-refractivity contribution is -0.138. The van der Waals surface area contributed by atoms with E-state index in [1.54, 1.807) is 0 Å². The molecule has 0 aliphatic heterocycles. The van der Waals surface area contributed by atoms with Crippen LogP contribution in [0.5, 0.6) is 5.75 Å². The van der Waals surface area contributed by atoms with E-state index >= 15 is 0 Å². The lowest BCUT2D eigenvalue weighted by atomic mass is 10.1. The molecule has 0 amide bonds. The van der Waals surface area contributed by atoms with Crippen molar-refractivity contribution in [2.45, 2.75) is 13.3 Å². The Labute approximate surface area is 162 Å². The molecule has 5 nitrogen and oxygen atoms in total. The van der Waals surface area contributed by atoms with Crippen LogP contribution in [-0.2, 0) is 4.79 Å². The zero-order chi connectivity index (χ0) is 19.0. The van der Waals surface area contributed by atoms with Gasteiger partial charge in [-0.1, -0.05) is 11.6 Å². The first-order chi connectivity index (χ1) is 13.0. The molecule has 1 aromatic heterocycles. The zero-order valence-corrected chi connectivity index (χ0v) is 15.6. The van der Waals surface area contributed by atoms with Crippen molar-refractivity contribution in [3.63, 3.8) is 0 Å². The van der Waals surface area contributed by atoms with Crippen molar-refractivity contribution < 1.29 is 14.6 Å². The van der Waals surface area contributed by atoms with Crippen molar-refractivity contribution in [2.75, 3.05) is 6.61 Å². The number of aryl methyl sites for hydroxylation is 1. The van der Waals surface area contributed by atoms with Gasteiger partial charge in [-0.15, -0.1) is 0 Å². The van der Waals surface area contributed by atoms with E-state index in [9.17, 15) is 4.79 Å². The average molecular weight is 383 g/mol. The monoisotopic (exact) mass is 382 g/mol. The lowest BCUT2D eigenvalue weighted by Gasteiger charge is -2.09. The second kappa shape index (κ2) is 7.08. The fourth-order valence-corrected chi connectivity index (χ4v) is 3.27. The predicted octanol–water partition coefficient (Wildman–Crippen LogP) is 4.60. The maximum atomic E-state index is 10.9. The average Bonchev–Trinajstić information content (AvgIpc) is 3.35. The second-order valence-electron chi connectivity index (χ2n) is 6.84. The van der Waals surface area contributed by atoms with Crippen LogP contribution in [0, 0.1) is 18.8 Å². The van der Waals surface area contributed by atoms with E-state index in [0.29, 0.717) is 18.1 Å². The van der Waals surface area contributed by atoms with Gasteiger partial charge >= 0.3 is 5.97 Å². The summed E-state index contributed by atoms with van der Waals surface area (Å²) in [5.74, 6) is -0.119. The first-order valence-corrected chi connectivity index (χ1v) is 9.18. The Bertz CT molecular complexity index is 964. The second-order valence-corrected chi connectivity index (χ2v) is 7.27. The highest BCUT2D eigenvalue weighted by Gasteiger charge is 2.43. The molecule has 1 saturated carbocycles. The van der Waals surface area contributed by atoms with Crippen LogP contribution >= 0.6 is 11.6 Å². The standard InChI is InChI=1S/C21H19ClN2O3/c1-13-10-20(24(23-13)17-6-4-16(22)5-7-17)14-2-8-18(9-3-14)27-12-15-11-19(15)21(25)26/h2-10,15,19H,11-12H2,1H3,(H,25,26). The van der Waals surface area contributed by atoms with Crippen LogP contribution in [0.3, 0.4) is 0 Å². The number of halogens is 1. The van der Waals surface area contributed by atoms with E-state index in [4.69, 9.17) is 21.4 Å². The van der Waals surface area contributed by atoms with Gasteiger partial charge in [-0.3, -0.25) is 4.79 Å². The first kappa shape index (κ1) is 17.6. The number of carbonyl (C=O) groups is 1. The number of hydrogen-bond acceptors (Lipinski definition) is 3. The van der Waals surface area contributed by atoms with E-state index in [1.165, 1.54) is 0 Å². The number of rotatable bonds is 6. The lowest BCUT2D eigenvalue weighted by Crippen LogP contribution is -2.06. The van der Waals surface area contributed by atoms with Crippen LogP contribution in [-0.4, -0.2) is 27.5 Å². The Morgan fingerprint density at radius 1 is 1.22 bits per heavy atom. The fraction of sp³-hybridized carbons (Fsp3) is 0.238. The van der Waals surface area contributed by atoms with Crippen LogP contribution in [0.15, 0.2) is 54.6 Å². The summed E-state index contributed by atoms with van der Waals surface area (Å²) in [6, 6.07) is 17.4. The number of hydrogen-bond donors (Lipinski definition) is 1. The van der Waals surface area contributed by atoms with Crippen molar-refractivity contribution >= 4 is 17.6 Å². The van der Waals surface area contributed by atoms with Crippen molar-refractivity contribution in [1.29, 1.82) is 0 Å². The third-order valence-electron chi connectivity index (χ3n) is 4.76. The maximum absolute atomic E-state index is 10.9. The van der Waals surface area contributed by atoms with E-state index in [-0.39, 0.29) is 11.8 Å². The smallest absolute Gasteiger partial charge is 0.306 e. The summed E-state index contributed by atoms with van der Waals surface area (Å²) in [5.41, 5.74) is 3.87. The molecule has 1 N–H and O–H groups in total. The number of benzene rings is 2. The summed E-state index contributed by atoms with van der Waals surface area (Å²) >= 11 is 5.99. The maximum Gasteiger partial charge on any atom is 0.306 e. The molecular weight excluding hydrogens is 364 g/mol. The Morgan fingerprint density at radius 3 is 2.56 bits per heavy atom. The molecule has 138 valence electrons. The van der Waals surface area contributed by atoms with E-state index in [2.05, 4.69) is 5.10 Å². The molecule has 2 aromatic carbocycles. The predicted molar refractivity (Wildman–Crippen MR) is 103 cm³/mol. The van der Waals surface area contributed by atoms with Gasteiger partial charge < -0.3 is 9.84 Å². The third-order valence-corrected chi connectivity index (χ3v) is 5.01. The molecule has 2 unspecified atom stereocenters. The number of carboxylic acid groups (broad SMARTS) is 1. The van der Waals surface area contributed by atoms with Gasteiger partial charge in [0.25, 0.3) is 0 Å². The molecule has 0 radical (unpaired) electrons. The van der Waals surface area contributed by atoms with Crippen LogP contribution in [0.1, 0.15) is 12.1 Å². The van der Waals surface area contributed by atoms with Crippen LogP contribution in [0.2, 0.25) is 5.02 Å². The summed E-state index contributed by atoms with van der Waals surface area (Å²) in [4.78, 5) is 10.9. The number of carboxylic acids is 1. The Hall–Kier alpha value is -2.79. The third kappa shape index (κ3) is 3.83. The Morgan fingerprint density at radius 2 is 1.93 bits per heavy atom. The summed E-state index contributed by atoms with van der Waals surface area (Å²) < 4.78 is 7.63. The highest BCUT2D eigenvalue weighted by molar-refractivity contribution is 6.30. The molecule has 0 saturated heterocycles. The molecule has 0 spiro atoms. The van der Waals surface area contributed by atoms with Gasteiger partial charge in [0.1, 0.15) is 5.75 Å². The largest absolute Gasteiger partial charge is 0.493 e. The summed E-state index contributed by atoms with van der Waals surface area (Å²) in [7, 11) is 0. The highest BCUT2D eigenvalue weighted by Crippen LogP contribution is 2.39. The molecule has 0 bridgehead atoms. The van der Waals surface area contributed by atoms with Gasteiger partial charge in [0.05, 0.1) is 29.6 Å². The summed E-state index contributed by atoms with van der Waals surface area (Å²) in [6.07, 6.45) is 0.701. The minimum Gasteiger partial charge on any atom is -0.493 e. The highest BCUT2D eigenvalue weighted by atomic mass is 35.5. The van der Waals surface area contributed by atoms with Crippen molar-refractivity contribution in [3.05, 3.63) is 65.3 Å². The van der Waals surface area contributed by atoms with Crippen LogP contribution in [0.25, 0.3) is 16.9 Å². The molecule has 4 rings (SSSR count). The normalized spacial score (nSPS) is 18.3. The quantitative estimate of drug-likeness (QED) is 0.676. The molecule has 1 aliphatic rings. The molecule has 6 heteroatoms. The Balaban J connectivity index is 1.51. The molecule has 3 aromatic rings. The van der Waals surface area contributed by atoms with Gasteiger partial charge in [0, 0.05) is 16.5 Å². The number of aliphatic carboxylic acids is 1. The number of nitrogens with zero attached hydrogens (tertiary/aromatic N) is 2. The summed E-state index contributed by atoms with van der Waals surface area (Å²) in [6.45, 7) is 2.40. The molecule has 1 heterocycles. The van der Waals surface area contributed by atoms with Crippen molar-refractivity contribution in [3.8, 4) is 22.7 Å². The van der Waals surface area contributed by atoms with Gasteiger partial charge in [-0.25, -0.2) is 4.68 Å². The molecule has 1 aliphatic carbocycles. The van der Waals surface area contributed by atoms with Crippen molar-refractivity contribution in [1.82, 2.24) is 9.78 Å². The topological polar surface area (TPSA) is 64.3 Å². The molecule has 1 fully saturated rings. The minimum atomic E-state index is -0.732.